The molecule has 0 aromatic carbocycles. The number of ether oxygens (including phenoxy) is 2. The molecule has 4 rings (SSSR count). The fourth-order valence-electron chi connectivity index (χ4n) is 9.69. The molecule has 11 heteroatoms. The average Bonchev–Trinajstić information content (AvgIpc) is 3.26. The molecule has 41 heavy (non-hydrogen) atoms. The first kappa shape index (κ1) is 32.6. The molecule has 236 valence electrons. The first-order chi connectivity index (χ1) is 19.1. The second kappa shape index (κ2) is 12.3. The maximum absolute atomic E-state index is 13.5. The molecule has 7 nitrogen and oxygen atoms in total. The summed E-state index contributed by atoms with van der Waals surface area (Å²) in [4.78, 5) is 23.9. The Labute approximate surface area is 242 Å². The highest BCUT2D eigenvalue weighted by Gasteiger charge is 2.60. The summed E-state index contributed by atoms with van der Waals surface area (Å²) in [5.41, 5.74) is 0.819. The Morgan fingerprint density at radius 3 is 2.27 bits per heavy atom. The van der Waals surface area contributed by atoms with Crippen molar-refractivity contribution >= 4 is 22.1 Å². The van der Waals surface area contributed by atoms with E-state index in [1.807, 2.05) is 0 Å². The van der Waals surface area contributed by atoms with E-state index in [1.54, 1.807) is 0 Å². The number of fused-ring (bicyclic) bond motifs is 5. The second-order valence-electron chi connectivity index (χ2n) is 13.8. The lowest BCUT2D eigenvalue weighted by atomic mass is 9.44. The molecule has 0 radical (unpaired) electrons. The molecular formula is C30H47F3O7S. The zero-order valence-electron chi connectivity index (χ0n) is 24.6. The summed E-state index contributed by atoms with van der Waals surface area (Å²) >= 11 is 0. The van der Waals surface area contributed by atoms with Crippen molar-refractivity contribution in [2.75, 3.05) is 13.2 Å². The molecule has 4 aliphatic carbocycles. The molecule has 0 saturated heterocycles. The van der Waals surface area contributed by atoms with Gasteiger partial charge in [0.1, 0.15) is 13.2 Å². The number of carbonyl (C=O) groups is 2. The quantitative estimate of drug-likeness (QED) is 0.157. The van der Waals surface area contributed by atoms with Gasteiger partial charge in [0, 0.05) is 6.42 Å². The molecule has 4 saturated carbocycles. The number of hydrogen-bond donors (Lipinski definition) is 1. The van der Waals surface area contributed by atoms with Crippen molar-refractivity contribution in [1.29, 1.82) is 0 Å². The van der Waals surface area contributed by atoms with Crippen LogP contribution in [0, 0.1) is 46.3 Å². The van der Waals surface area contributed by atoms with Gasteiger partial charge in [0.05, 0.1) is 6.42 Å². The zero-order chi connectivity index (χ0) is 30.2. The highest BCUT2D eigenvalue weighted by molar-refractivity contribution is 7.86. The lowest BCUT2D eigenvalue weighted by Gasteiger charge is -2.61. The Hall–Kier alpha value is -1.36. The molecule has 1 unspecified atom stereocenters. The van der Waals surface area contributed by atoms with Crippen LogP contribution in [0.15, 0.2) is 0 Å². The average molecular weight is 609 g/mol. The van der Waals surface area contributed by atoms with Crippen LogP contribution in [0.3, 0.4) is 0 Å². The summed E-state index contributed by atoms with van der Waals surface area (Å²) in [5.74, 6) is 2.38. The number of esters is 2. The van der Waals surface area contributed by atoms with Crippen LogP contribution in [-0.4, -0.2) is 49.5 Å². The molecule has 0 aromatic rings. The van der Waals surface area contributed by atoms with E-state index in [4.69, 9.17) is 9.29 Å². The lowest BCUT2D eigenvalue weighted by molar-refractivity contribution is -0.154. The standard InChI is InChI=1S/C30H47F3O7S/c1-19(7-12-26(34)39-16-17-40-27(35)18-25(31)30(32,33)41(36,37)38)22-10-11-23-21-9-8-20-6-4-5-14-28(20,2)24(21)13-15-29(22,23)3/h19-25H,4-18H2,1-3H3,(H,36,37,38)/t19-,20+,21+,22-,23+,24+,25?,28+,29-/m1/s1. The minimum Gasteiger partial charge on any atom is -0.462 e. The summed E-state index contributed by atoms with van der Waals surface area (Å²) in [5, 5.41) is -5.13. The van der Waals surface area contributed by atoms with E-state index in [-0.39, 0.29) is 13.0 Å². The number of alkyl halides is 3. The fraction of sp³-hybridized carbons (Fsp3) is 0.933. The molecule has 4 fully saturated rings. The number of rotatable bonds is 11. The van der Waals surface area contributed by atoms with Crippen molar-refractivity contribution in [3.63, 3.8) is 0 Å². The van der Waals surface area contributed by atoms with Gasteiger partial charge in [-0.1, -0.05) is 33.6 Å². The van der Waals surface area contributed by atoms with E-state index in [0.29, 0.717) is 29.1 Å². The summed E-state index contributed by atoms with van der Waals surface area (Å²) in [6.07, 6.45) is 9.27. The van der Waals surface area contributed by atoms with Gasteiger partial charge in [-0.2, -0.15) is 17.2 Å². The zero-order valence-corrected chi connectivity index (χ0v) is 25.4. The van der Waals surface area contributed by atoms with Crippen LogP contribution >= 0.6 is 0 Å². The molecule has 0 aliphatic heterocycles. The van der Waals surface area contributed by atoms with Gasteiger partial charge in [0.2, 0.25) is 0 Å². The van der Waals surface area contributed by atoms with Crippen LogP contribution in [0.4, 0.5) is 13.2 Å². The van der Waals surface area contributed by atoms with Crippen LogP contribution in [0.2, 0.25) is 0 Å². The van der Waals surface area contributed by atoms with Crippen LogP contribution in [0.1, 0.15) is 104 Å². The SMILES string of the molecule is C[C@H](CCC(=O)OCCOC(=O)CC(F)C(F)(F)S(=O)(=O)O)[C@H]1CC[C@H]2[C@@H]3CC[C@@H]4CCCC[C@]4(C)[C@H]3CC[C@]12C. The van der Waals surface area contributed by atoms with Crippen molar-refractivity contribution in [3.05, 3.63) is 0 Å². The van der Waals surface area contributed by atoms with Crippen molar-refractivity contribution in [1.82, 2.24) is 0 Å². The number of hydrogen-bond acceptors (Lipinski definition) is 6. The third-order valence-electron chi connectivity index (χ3n) is 11.8. The highest BCUT2D eigenvalue weighted by Crippen LogP contribution is 2.68. The molecule has 0 heterocycles. The van der Waals surface area contributed by atoms with Crippen molar-refractivity contribution in [3.8, 4) is 0 Å². The summed E-state index contributed by atoms with van der Waals surface area (Å²) in [6.45, 7) is 6.52. The molecule has 0 amide bonds. The van der Waals surface area contributed by atoms with Crippen molar-refractivity contribution in [2.24, 2.45) is 46.3 Å². The van der Waals surface area contributed by atoms with E-state index in [1.165, 1.54) is 64.2 Å². The van der Waals surface area contributed by atoms with E-state index < -0.39 is 46.5 Å². The fourth-order valence-corrected chi connectivity index (χ4v) is 10.1. The Morgan fingerprint density at radius 2 is 1.59 bits per heavy atom. The van der Waals surface area contributed by atoms with E-state index >= 15 is 0 Å². The van der Waals surface area contributed by atoms with E-state index in [9.17, 15) is 31.2 Å². The first-order valence-corrected chi connectivity index (χ1v) is 16.9. The number of halogens is 3. The normalized spacial score (nSPS) is 36.8. The second-order valence-corrected chi connectivity index (χ2v) is 15.3. The van der Waals surface area contributed by atoms with E-state index in [2.05, 4.69) is 25.5 Å². The predicted molar refractivity (Wildman–Crippen MR) is 146 cm³/mol. The van der Waals surface area contributed by atoms with Gasteiger partial charge < -0.3 is 9.47 Å². The smallest absolute Gasteiger partial charge is 0.400 e. The predicted octanol–water partition coefficient (Wildman–Crippen LogP) is 6.75. The van der Waals surface area contributed by atoms with Crippen LogP contribution in [0.5, 0.6) is 0 Å². The maximum Gasteiger partial charge on any atom is 0.400 e. The highest BCUT2D eigenvalue weighted by atomic mass is 32.2. The summed E-state index contributed by atoms with van der Waals surface area (Å²) in [6, 6.07) is 0. The molecular weight excluding hydrogens is 561 g/mol. The maximum atomic E-state index is 13.5. The Bertz CT molecular complexity index is 1070. The first-order valence-electron chi connectivity index (χ1n) is 15.4. The Kier molecular flexibility index (Phi) is 9.79. The Balaban J connectivity index is 1.19. The largest absolute Gasteiger partial charge is 0.462 e. The van der Waals surface area contributed by atoms with Gasteiger partial charge in [-0.25, -0.2) is 4.39 Å². The molecule has 0 bridgehead atoms. The van der Waals surface area contributed by atoms with Gasteiger partial charge in [-0.05, 0) is 104 Å². The third-order valence-corrected chi connectivity index (χ3v) is 12.8. The topological polar surface area (TPSA) is 107 Å². The van der Waals surface area contributed by atoms with Crippen molar-refractivity contribution in [2.45, 2.75) is 116 Å². The third kappa shape index (κ3) is 6.46. The van der Waals surface area contributed by atoms with Gasteiger partial charge in [0.25, 0.3) is 0 Å². The lowest BCUT2D eigenvalue weighted by Crippen LogP contribution is -2.53. The van der Waals surface area contributed by atoms with Gasteiger partial charge in [-0.15, -0.1) is 0 Å². The minimum atomic E-state index is -6.01. The van der Waals surface area contributed by atoms with Crippen LogP contribution in [-0.2, 0) is 29.2 Å². The molecule has 1 N–H and O–H groups in total. The molecule has 0 spiro atoms. The molecule has 9 atom stereocenters. The summed E-state index contributed by atoms with van der Waals surface area (Å²) in [7, 11) is -6.01. The monoisotopic (exact) mass is 608 g/mol. The van der Waals surface area contributed by atoms with Crippen molar-refractivity contribution < 1.29 is 45.2 Å². The van der Waals surface area contributed by atoms with Gasteiger partial charge in [-0.3, -0.25) is 14.1 Å². The molecule has 0 aromatic heterocycles. The Morgan fingerprint density at radius 1 is 0.927 bits per heavy atom. The summed E-state index contributed by atoms with van der Waals surface area (Å²) < 4.78 is 79.1. The van der Waals surface area contributed by atoms with Crippen LogP contribution < -0.4 is 0 Å². The number of carbonyl (C=O) groups excluding carboxylic acids is 2. The van der Waals surface area contributed by atoms with Gasteiger partial charge >= 0.3 is 27.3 Å². The molecule has 4 aliphatic rings. The minimum absolute atomic E-state index is 0.214. The van der Waals surface area contributed by atoms with Gasteiger partial charge in [0.15, 0.2) is 6.17 Å². The van der Waals surface area contributed by atoms with Crippen LogP contribution in [0.25, 0.3) is 0 Å². The van der Waals surface area contributed by atoms with E-state index in [0.717, 1.165) is 23.7 Å².